The monoisotopic (exact) mass is 291 g/mol. The number of nitrogens with two attached hydrogens (primary N) is 1. The average molecular weight is 291 g/mol. The van der Waals surface area contributed by atoms with Crippen LogP contribution in [0.2, 0.25) is 0 Å². The van der Waals surface area contributed by atoms with Gasteiger partial charge in [0, 0.05) is 17.8 Å². The second-order valence-electron chi connectivity index (χ2n) is 5.42. The van der Waals surface area contributed by atoms with Crippen molar-refractivity contribution in [2.24, 2.45) is 5.73 Å². The van der Waals surface area contributed by atoms with Crippen LogP contribution in [-0.2, 0) is 11.2 Å². The van der Waals surface area contributed by atoms with Crippen molar-refractivity contribution in [2.75, 3.05) is 5.32 Å². The molecule has 0 aliphatic heterocycles. The van der Waals surface area contributed by atoms with Gasteiger partial charge >= 0.3 is 12.0 Å². The first kappa shape index (κ1) is 15.3. The first-order valence-corrected chi connectivity index (χ1v) is 7.18. The van der Waals surface area contributed by atoms with E-state index in [0.29, 0.717) is 11.3 Å². The van der Waals surface area contributed by atoms with Crippen molar-refractivity contribution in [3.8, 4) is 0 Å². The van der Waals surface area contributed by atoms with Gasteiger partial charge in [0.2, 0.25) is 0 Å². The fourth-order valence-electron chi connectivity index (χ4n) is 2.55. The third kappa shape index (κ3) is 4.75. The Morgan fingerprint density at radius 2 is 1.86 bits per heavy atom. The summed E-state index contributed by atoms with van der Waals surface area (Å²) >= 11 is 0. The number of carboxylic acid groups (broad SMARTS) is 1. The highest BCUT2D eigenvalue weighted by atomic mass is 16.4. The fourth-order valence-corrected chi connectivity index (χ4v) is 2.55. The Bertz CT molecular complexity index is 501. The summed E-state index contributed by atoms with van der Waals surface area (Å²) in [6, 6.07) is 6.53. The lowest BCUT2D eigenvalue weighted by atomic mass is 9.91. The maximum atomic E-state index is 11.9. The van der Waals surface area contributed by atoms with Gasteiger partial charge in [-0.3, -0.25) is 4.79 Å². The quantitative estimate of drug-likeness (QED) is 0.677. The summed E-state index contributed by atoms with van der Waals surface area (Å²) in [7, 11) is 0. The predicted octanol–water partition coefficient (Wildman–Crippen LogP) is 1.71. The Kier molecular flexibility index (Phi) is 5.16. The Labute approximate surface area is 123 Å². The van der Waals surface area contributed by atoms with Crippen LogP contribution < -0.4 is 16.4 Å². The van der Waals surface area contributed by atoms with E-state index in [1.54, 1.807) is 24.3 Å². The lowest BCUT2D eigenvalue weighted by Crippen LogP contribution is -2.50. The molecule has 0 radical (unpaired) electrons. The number of hydrogen-bond acceptors (Lipinski definition) is 3. The van der Waals surface area contributed by atoms with Gasteiger partial charge in [-0.2, -0.15) is 0 Å². The molecule has 2 amide bonds. The van der Waals surface area contributed by atoms with E-state index in [-0.39, 0.29) is 24.5 Å². The SMILES string of the molecule is NC1CCCCC1NC(=O)Nc1ccc(CC(=O)O)cc1. The van der Waals surface area contributed by atoms with E-state index in [1.165, 1.54) is 0 Å². The number of rotatable bonds is 4. The van der Waals surface area contributed by atoms with Gasteiger partial charge in [-0.1, -0.05) is 25.0 Å². The second kappa shape index (κ2) is 7.08. The van der Waals surface area contributed by atoms with Crippen LogP contribution in [0, 0.1) is 0 Å². The molecule has 0 aromatic heterocycles. The molecule has 0 bridgehead atoms. The number of nitrogens with one attached hydrogen (secondary N) is 2. The Morgan fingerprint density at radius 1 is 1.19 bits per heavy atom. The van der Waals surface area contributed by atoms with Crippen LogP contribution in [0.15, 0.2) is 24.3 Å². The van der Waals surface area contributed by atoms with Gasteiger partial charge in [-0.25, -0.2) is 4.79 Å². The molecule has 1 aromatic rings. The smallest absolute Gasteiger partial charge is 0.319 e. The van der Waals surface area contributed by atoms with Gasteiger partial charge in [-0.05, 0) is 30.5 Å². The van der Waals surface area contributed by atoms with Crippen molar-refractivity contribution >= 4 is 17.7 Å². The van der Waals surface area contributed by atoms with Crippen molar-refractivity contribution in [3.63, 3.8) is 0 Å². The van der Waals surface area contributed by atoms with Crippen molar-refractivity contribution < 1.29 is 14.7 Å². The standard InChI is InChI=1S/C15H21N3O3/c16-12-3-1-2-4-13(12)18-15(21)17-11-7-5-10(6-8-11)9-14(19)20/h5-8,12-13H,1-4,9,16H2,(H,19,20)(H2,17,18,21). The number of hydrogen-bond donors (Lipinski definition) is 4. The number of benzene rings is 1. The lowest BCUT2D eigenvalue weighted by molar-refractivity contribution is -0.136. The van der Waals surface area contributed by atoms with E-state index in [0.717, 1.165) is 25.7 Å². The zero-order valence-electron chi connectivity index (χ0n) is 11.8. The molecule has 0 saturated heterocycles. The molecule has 2 rings (SSSR count). The number of urea groups is 1. The maximum absolute atomic E-state index is 11.9. The number of anilines is 1. The molecule has 21 heavy (non-hydrogen) atoms. The molecular weight excluding hydrogens is 270 g/mol. The van der Waals surface area contributed by atoms with Crippen LogP contribution in [0.25, 0.3) is 0 Å². The van der Waals surface area contributed by atoms with E-state index in [4.69, 9.17) is 10.8 Å². The van der Waals surface area contributed by atoms with Gasteiger partial charge < -0.3 is 21.5 Å². The van der Waals surface area contributed by atoms with Gasteiger partial charge in [0.15, 0.2) is 0 Å². The zero-order chi connectivity index (χ0) is 15.2. The van der Waals surface area contributed by atoms with Crippen molar-refractivity contribution in [2.45, 2.75) is 44.2 Å². The largest absolute Gasteiger partial charge is 0.481 e. The van der Waals surface area contributed by atoms with Crippen LogP contribution >= 0.6 is 0 Å². The highest BCUT2D eigenvalue weighted by Gasteiger charge is 2.23. The molecule has 6 heteroatoms. The molecule has 1 fully saturated rings. The van der Waals surface area contributed by atoms with E-state index < -0.39 is 5.97 Å². The predicted molar refractivity (Wildman–Crippen MR) is 80.2 cm³/mol. The number of carbonyl (C=O) groups is 2. The minimum absolute atomic E-state index is 0.0162. The Hall–Kier alpha value is -2.08. The summed E-state index contributed by atoms with van der Waals surface area (Å²) in [5, 5.41) is 14.3. The minimum Gasteiger partial charge on any atom is -0.481 e. The van der Waals surface area contributed by atoms with Crippen molar-refractivity contribution in [1.82, 2.24) is 5.32 Å². The lowest BCUT2D eigenvalue weighted by Gasteiger charge is -2.29. The summed E-state index contributed by atoms with van der Waals surface area (Å²) in [5.41, 5.74) is 7.32. The molecule has 1 aromatic carbocycles. The summed E-state index contributed by atoms with van der Waals surface area (Å²) in [6.07, 6.45) is 4.03. The number of amides is 2. The third-order valence-corrected chi connectivity index (χ3v) is 3.70. The van der Waals surface area contributed by atoms with E-state index in [9.17, 15) is 9.59 Å². The van der Waals surface area contributed by atoms with Crippen LogP contribution in [0.1, 0.15) is 31.2 Å². The Balaban J connectivity index is 1.85. The molecule has 1 saturated carbocycles. The Morgan fingerprint density at radius 3 is 2.48 bits per heavy atom. The topological polar surface area (TPSA) is 104 Å². The van der Waals surface area contributed by atoms with E-state index >= 15 is 0 Å². The van der Waals surface area contributed by atoms with Gasteiger partial charge in [0.1, 0.15) is 0 Å². The molecule has 1 aliphatic rings. The second-order valence-corrected chi connectivity index (χ2v) is 5.42. The van der Waals surface area contributed by atoms with Crippen molar-refractivity contribution in [3.05, 3.63) is 29.8 Å². The third-order valence-electron chi connectivity index (χ3n) is 3.70. The molecule has 1 aliphatic carbocycles. The molecule has 5 N–H and O–H groups in total. The van der Waals surface area contributed by atoms with Crippen LogP contribution in [-0.4, -0.2) is 29.2 Å². The molecule has 6 nitrogen and oxygen atoms in total. The highest BCUT2D eigenvalue weighted by molar-refractivity contribution is 5.89. The van der Waals surface area contributed by atoms with Crippen LogP contribution in [0.3, 0.4) is 0 Å². The summed E-state index contributed by atoms with van der Waals surface area (Å²) in [6.45, 7) is 0. The number of carboxylic acids is 1. The normalized spacial score (nSPS) is 21.6. The molecule has 0 heterocycles. The first-order chi connectivity index (χ1) is 10.0. The summed E-state index contributed by atoms with van der Waals surface area (Å²) in [5.74, 6) is -0.875. The zero-order valence-corrected chi connectivity index (χ0v) is 11.8. The summed E-state index contributed by atoms with van der Waals surface area (Å²) < 4.78 is 0. The highest BCUT2D eigenvalue weighted by Crippen LogP contribution is 2.17. The van der Waals surface area contributed by atoms with Crippen LogP contribution in [0.5, 0.6) is 0 Å². The molecule has 2 atom stereocenters. The minimum atomic E-state index is -0.875. The van der Waals surface area contributed by atoms with Gasteiger partial charge in [-0.15, -0.1) is 0 Å². The van der Waals surface area contributed by atoms with E-state index in [1.807, 2.05) is 0 Å². The summed E-state index contributed by atoms with van der Waals surface area (Å²) in [4.78, 5) is 22.5. The average Bonchev–Trinajstić information content (AvgIpc) is 2.43. The van der Waals surface area contributed by atoms with E-state index in [2.05, 4.69) is 10.6 Å². The van der Waals surface area contributed by atoms with Gasteiger partial charge in [0.05, 0.1) is 6.42 Å². The number of carbonyl (C=O) groups excluding carboxylic acids is 1. The van der Waals surface area contributed by atoms with Gasteiger partial charge in [0.25, 0.3) is 0 Å². The fraction of sp³-hybridized carbons (Fsp3) is 0.467. The number of aliphatic carboxylic acids is 1. The molecule has 0 spiro atoms. The molecule has 2 unspecified atom stereocenters. The molecular formula is C15H21N3O3. The van der Waals surface area contributed by atoms with Crippen LogP contribution in [0.4, 0.5) is 10.5 Å². The maximum Gasteiger partial charge on any atom is 0.319 e. The molecule has 114 valence electrons. The first-order valence-electron chi connectivity index (χ1n) is 7.18. The van der Waals surface area contributed by atoms with Crippen molar-refractivity contribution in [1.29, 1.82) is 0 Å².